The van der Waals surface area contributed by atoms with E-state index >= 15 is 0 Å². The number of hydrogen-bond acceptors (Lipinski definition) is 2. The molecule has 0 aliphatic carbocycles. The van der Waals surface area contributed by atoms with Crippen molar-refractivity contribution < 1.29 is 9.53 Å². The molecule has 0 radical (unpaired) electrons. The van der Waals surface area contributed by atoms with Crippen molar-refractivity contribution in [2.24, 2.45) is 5.73 Å². The van der Waals surface area contributed by atoms with Crippen molar-refractivity contribution in [3.63, 3.8) is 0 Å². The summed E-state index contributed by atoms with van der Waals surface area (Å²) in [7, 11) is 0. The minimum absolute atomic E-state index is 0.398. The number of nitrogens with two attached hydrogens (primary N) is 1. The van der Waals surface area contributed by atoms with Crippen LogP contribution in [0.25, 0.3) is 10.8 Å². The van der Waals surface area contributed by atoms with E-state index in [0.717, 1.165) is 16.3 Å². The molecular weight excluding hydrogens is 262 g/mol. The summed E-state index contributed by atoms with van der Waals surface area (Å²) in [6.45, 7) is 0.398. The highest BCUT2D eigenvalue weighted by molar-refractivity contribution is 6.03. The Morgan fingerprint density at radius 3 is 2.38 bits per heavy atom. The van der Waals surface area contributed by atoms with Gasteiger partial charge in [-0.3, -0.25) is 4.79 Å². The maximum Gasteiger partial charge on any atom is 0.252 e. The van der Waals surface area contributed by atoms with Crippen LogP contribution in [0.4, 0.5) is 0 Å². The molecule has 2 N–H and O–H groups in total. The van der Waals surface area contributed by atoms with Gasteiger partial charge in [-0.2, -0.15) is 0 Å². The summed E-state index contributed by atoms with van der Waals surface area (Å²) < 4.78 is 5.90. The van der Waals surface area contributed by atoms with E-state index in [0.29, 0.717) is 17.9 Å². The average molecular weight is 277 g/mol. The molecule has 3 nitrogen and oxygen atoms in total. The van der Waals surface area contributed by atoms with E-state index in [1.54, 1.807) is 6.07 Å². The highest BCUT2D eigenvalue weighted by Crippen LogP contribution is 2.30. The van der Waals surface area contributed by atoms with Crippen molar-refractivity contribution in [3.8, 4) is 5.75 Å². The zero-order valence-corrected chi connectivity index (χ0v) is 11.5. The predicted octanol–water partition coefficient (Wildman–Crippen LogP) is 3.52. The summed E-state index contributed by atoms with van der Waals surface area (Å²) in [6.07, 6.45) is 0. The van der Waals surface area contributed by atoms with Crippen LogP contribution in [0.2, 0.25) is 0 Å². The van der Waals surface area contributed by atoms with Gasteiger partial charge in [0, 0.05) is 5.39 Å². The first-order valence-corrected chi connectivity index (χ1v) is 6.74. The number of carbonyl (C=O) groups is 1. The predicted molar refractivity (Wildman–Crippen MR) is 83.2 cm³/mol. The van der Waals surface area contributed by atoms with Gasteiger partial charge in [0.1, 0.15) is 12.4 Å². The molecule has 0 atom stereocenters. The van der Waals surface area contributed by atoms with E-state index in [9.17, 15) is 4.79 Å². The van der Waals surface area contributed by atoms with Crippen LogP contribution in [0, 0.1) is 0 Å². The van der Waals surface area contributed by atoms with E-state index in [-0.39, 0.29) is 0 Å². The van der Waals surface area contributed by atoms with Gasteiger partial charge in [-0.25, -0.2) is 0 Å². The zero-order valence-electron chi connectivity index (χ0n) is 11.5. The molecule has 0 aromatic heterocycles. The Labute approximate surface area is 123 Å². The third kappa shape index (κ3) is 2.72. The smallest absolute Gasteiger partial charge is 0.252 e. The zero-order chi connectivity index (χ0) is 14.7. The maximum absolute atomic E-state index is 11.6. The minimum atomic E-state index is -0.483. The van der Waals surface area contributed by atoms with Crippen LogP contribution in [0.1, 0.15) is 15.9 Å². The van der Waals surface area contributed by atoms with E-state index in [4.69, 9.17) is 10.5 Å². The second-order valence-corrected chi connectivity index (χ2v) is 4.80. The molecule has 3 rings (SSSR count). The van der Waals surface area contributed by atoms with E-state index in [1.165, 1.54) is 0 Å². The summed E-state index contributed by atoms with van der Waals surface area (Å²) in [5, 5.41) is 1.91. The Bertz CT molecular complexity index is 782. The molecule has 0 spiro atoms. The lowest BCUT2D eigenvalue weighted by molar-refractivity contribution is 0.0996. The molecule has 3 heteroatoms. The number of fused-ring (bicyclic) bond motifs is 1. The van der Waals surface area contributed by atoms with Crippen LogP contribution in [0.15, 0.2) is 66.7 Å². The van der Waals surface area contributed by atoms with Gasteiger partial charge in [-0.05, 0) is 17.0 Å². The normalized spacial score (nSPS) is 10.5. The molecule has 0 aliphatic heterocycles. The molecule has 3 aromatic rings. The van der Waals surface area contributed by atoms with Crippen LogP contribution >= 0.6 is 0 Å². The van der Waals surface area contributed by atoms with Gasteiger partial charge in [0.2, 0.25) is 0 Å². The van der Waals surface area contributed by atoms with Crippen molar-refractivity contribution in [2.75, 3.05) is 0 Å². The maximum atomic E-state index is 11.6. The Morgan fingerprint density at radius 1 is 0.905 bits per heavy atom. The molecule has 0 saturated carbocycles. The van der Waals surface area contributed by atoms with E-state index < -0.39 is 5.91 Å². The summed E-state index contributed by atoms with van der Waals surface area (Å²) >= 11 is 0. The molecule has 0 fully saturated rings. The monoisotopic (exact) mass is 277 g/mol. The lowest BCUT2D eigenvalue weighted by Gasteiger charge is -2.13. The Balaban J connectivity index is 2.02. The SMILES string of the molecule is NC(=O)c1ccc2ccccc2c1OCc1ccccc1. The van der Waals surface area contributed by atoms with Gasteiger partial charge in [-0.15, -0.1) is 0 Å². The topological polar surface area (TPSA) is 52.3 Å². The summed E-state index contributed by atoms with van der Waals surface area (Å²) in [5.41, 5.74) is 6.91. The van der Waals surface area contributed by atoms with Crippen molar-refractivity contribution in [2.45, 2.75) is 6.61 Å². The van der Waals surface area contributed by atoms with Crippen molar-refractivity contribution in [1.82, 2.24) is 0 Å². The second kappa shape index (κ2) is 5.67. The number of ether oxygens (including phenoxy) is 1. The fourth-order valence-electron chi connectivity index (χ4n) is 2.32. The van der Waals surface area contributed by atoms with Crippen LogP contribution < -0.4 is 10.5 Å². The highest BCUT2D eigenvalue weighted by atomic mass is 16.5. The second-order valence-electron chi connectivity index (χ2n) is 4.80. The van der Waals surface area contributed by atoms with E-state index in [1.807, 2.05) is 60.7 Å². The largest absolute Gasteiger partial charge is 0.487 e. The van der Waals surface area contributed by atoms with Gasteiger partial charge in [-0.1, -0.05) is 60.7 Å². The number of rotatable bonds is 4. The van der Waals surface area contributed by atoms with Crippen LogP contribution in [-0.2, 0) is 6.61 Å². The lowest BCUT2D eigenvalue weighted by Crippen LogP contribution is -2.13. The van der Waals surface area contributed by atoms with Gasteiger partial charge < -0.3 is 10.5 Å². The summed E-state index contributed by atoms with van der Waals surface area (Å²) in [5.74, 6) is 0.0632. The molecule has 0 saturated heterocycles. The standard InChI is InChI=1S/C18H15NO2/c19-18(20)16-11-10-14-8-4-5-9-15(14)17(16)21-12-13-6-2-1-3-7-13/h1-11H,12H2,(H2,19,20). The molecule has 104 valence electrons. The Hall–Kier alpha value is -2.81. The third-order valence-electron chi connectivity index (χ3n) is 3.37. The fraction of sp³-hybridized carbons (Fsp3) is 0.0556. The molecule has 1 amide bonds. The van der Waals surface area contributed by atoms with Gasteiger partial charge in [0.15, 0.2) is 0 Å². The first-order chi connectivity index (χ1) is 10.3. The van der Waals surface area contributed by atoms with Crippen LogP contribution in [-0.4, -0.2) is 5.91 Å². The van der Waals surface area contributed by atoms with Crippen LogP contribution in [0.5, 0.6) is 5.75 Å². The number of benzene rings is 3. The van der Waals surface area contributed by atoms with E-state index in [2.05, 4.69) is 0 Å². The summed E-state index contributed by atoms with van der Waals surface area (Å²) in [4.78, 5) is 11.6. The van der Waals surface area contributed by atoms with Gasteiger partial charge >= 0.3 is 0 Å². The first kappa shape index (κ1) is 13.2. The Kier molecular flexibility index (Phi) is 3.56. The molecule has 0 unspecified atom stereocenters. The first-order valence-electron chi connectivity index (χ1n) is 6.74. The van der Waals surface area contributed by atoms with Gasteiger partial charge in [0.25, 0.3) is 5.91 Å². The third-order valence-corrected chi connectivity index (χ3v) is 3.37. The van der Waals surface area contributed by atoms with Crippen LogP contribution in [0.3, 0.4) is 0 Å². The molecule has 0 bridgehead atoms. The number of primary amides is 1. The highest BCUT2D eigenvalue weighted by Gasteiger charge is 2.13. The van der Waals surface area contributed by atoms with Gasteiger partial charge in [0.05, 0.1) is 5.56 Å². The molecule has 0 heterocycles. The Morgan fingerprint density at radius 2 is 1.62 bits per heavy atom. The van der Waals surface area contributed by atoms with Crippen molar-refractivity contribution in [1.29, 1.82) is 0 Å². The summed E-state index contributed by atoms with van der Waals surface area (Å²) in [6, 6.07) is 21.2. The quantitative estimate of drug-likeness (QED) is 0.793. The van der Waals surface area contributed by atoms with Crippen molar-refractivity contribution in [3.05, 3.63) is 77.9 Å². The number of amides is 1. The molecular formula is C18H15NO2. The van der Waals surface area contributed by atoms with Crippen molar-refractivity contribution >= 4 is 16.7 Å². The number of carbonyl (C=O) groups excluding carboxylic acids is 1. The lowest BCUT2D eigenvalue weighted by atomic mass is 10.0. The number of hydrogen-bond donors (Lipinski definition) is 1. The fourth-order valence-corrected chi connectivity index (χ4v) is 2.32. The molecule has 0 aliphatic rings. The molecule has 3 aromatic carbocycles. The average Bonchev–Trinajstić information content (AvgIpc) is 2.53. The minimum Gasteiger partial charge on any atom is -0.487 e. The molecule has 21 heavy (non-hydrogen) atoms.